The molecule has 3 saturated heterocycles. The van der Waals surface area contributed by atoms with Gasteiger partial charge in [-0.25, -0.2) is 0 Å². The highest BCUT2D eigenvalue weighted by atomic mass is 16.9. The third-order valence-electron chi connectivity index (χ3n) is 3.95. The number of fused-ring (bicyclic) bond motifs is 3. The van der Waals surface area contributed by atoms with E-state index in [1.54, 1.807) is 6.92 Å². The van der Waals surface area contributed by atoms with Gasteiger partial charge in [0.05, 0.1) is 0 Å². The van der Waals surface area contributed by atoms with Crippen molar-refractivity contribution >= 4 is 5.97 Å². The third kappa shape index (κ3) is 3.00. The van der Waals surface area contributed by atoms with E-state index in [2.05, 4.69) is 0 Å². The molecule has 5 atom stereocenters. The summed E-state index contributed by atoms with van der Waals surface area (Å²) in [6.45, 7) is 9.21. The average molecular weight is 316 g/mol. The van der Waals surface area contributed by atoms with Crippen LogP contribution in [0.4, 0.5) is 0 Å². The van der Waals surface area contributed by atoms with Gasteiger partial charge in [-0.05, 0) is 27.7 Å². The molecule has 0 N–H and O–H groups in total. The fourth-order valence-electron chi connectivity index (χ4n) is 3.10. The van der Waals surface area contributed by atoms with E-state index in [1.165, 1.54) is 0 Å². The Morgan fingerprint density at radius 1 is 0.955 bits per heavy atom. The zero-order chi connectivity index (χ0) is 16.1. The first-order chi connectivity index (χ1) is 10.2. The zero-order valence-corrected chi connectivity index (χ0v) is 13.7. The number of carbonyl (C=O) groups excluding carboxylic acids is 1. The summed E-state index contributed by atoms with van der Waals surface area (Å²) in [4.78, 5) is 11.4. The van der Waals surface area contributed by atoms with E-state index < -0.39 is 24.0 Å². The van der Waals surface area contributed by atoms with Crippen molar-refractivity contribution in [2.24, 2.45) is 0 Å². The van der Waals surface area contributed by atoms with E-state index in [4.69, 9.17) is 28.4 Å². The van der Waals surface area contributed by atoms with Gasteiger partial charge in [-0.15, -0.1) is 0 Å². The van der Waals surface area contributed by atoms with Crippen LogP contribution < -0.4 is 0 Å². The van der Waals surface area contributed by atoms with Gasteiger partial charge in [0.15, 0.2) is 17.9 Å². The first-order valence-electron chi connectivity index (χ1n) is 7.73. The van der Waals surface area contributed by atoms with Crippen LogP contribution in [0.1, 0.15) is 41.0 Å². The van der Waals surface area contributed by atoms with E-state index in [9.17, 15) is 4.79 Å². The molecule has 7 nitrogen and oxygen atoms in total. The number of ether oxygens (including phenoxy) is 6. The molecule has 0 bridgehead atoms. The fraction of sp³-hybridized carbons (Fsp3) is 0.933. The molecule has 0 aliphatic carbocycles. The lowest BCUT2D eigenvalue weighted by Crippen LogP contribution is -2.56. The molecule has 3 fully saturated rings. The van der Waals surface area contributed by atoms with Crippen molar-refractivity contribution in [1.29, 1.82) is 0 Å². The maximum Gasteiger partial charge on any atom is 0.305 e. The highest BCUT2D eigenvalue weighted by Crippen LogP contribution is 2.44. The van der Waals surface area contributed by atoms with Crippen LogP contribution in [0.15, 0.2) is 0 Å². The molecule has 0 saturated carbocycles. The van der Waals surface area contributed by atoms with Crippen molar-refractivity contribution in [2.45, 2.75) is 83.3 Å². The van der Waals surface area contributed by atoms with Gasteiger partial charge < -0.3 is 28.4 Å². The van der Waals surface area contributed by atoms with Crippen LogP contribution in [0.25, 0.3) is 0 Å². The molecule has 0 spiro atoms. The fourth-order valence-corrected chi connectivity index (χ4v) is 3.10. The Labute approximate surface area is 130 Å². The Bertz CT molecular complexity index is 447. The Kier molecular flexibility index (Phi) is 3.98. The van der Waals surface area contributed by atoms with Crippen LogP contribution in [-0.4, -0.2) is 54.9 Å². The Morgan fingerprint density at radius 2 is 1.55 bits per heavy atom. The molecule has 0 aromatic rings. The van der Waals surface area contributed by atoms with Crippen LogP contribution in [-0.2, 0) is 33.2 Å². The van der Waals surface area contributed by atoms with Crippen LogP contribution in [0.2, 0.25) is 0 Å². The molecule has 0 amide bonds. The Balaban J connectivity index is 1.76. The molecule has 0 aromatic carbocycles. The largest absolute Gasteiger partial charge is 0.463 e. The highest BCUT2D eigenvalue weighted by Gasteiger charge is 2.60. The minimum absolute atomic E-state index is 0.111. The van der Waals surface area contributed by atoms with Crippen molar-refractivity contribution in [3.8, 4) is 0 Å². The van der Waals surface area contributed by atoms with Crippen molar-refractivity contribution in [1.82, 2.24) is 0 Å². The SMILES string of the molecule is CCC(=O)OC[C@H]1OC2OC(C)(C)OC2[C@H]2OC(C)(C)O[C@H]21. The predicted molar refractivity (Wildman–Crippen MR) is 73.8 cm³/mol. The second kappa shape index (κ2) is 5.42. The van der Waals surface area contributed by atoms with Crippen molar-refractivity contribution in [3.05, 3.63) is 0 Å². The lowest BCUT2D eigenvalue weighted by molar-refractivity contribution is -0.242. The molecular formula is C15H24O7. The van der Waals surface area contributed by atoms with Crippen molar-refractivity contribution in [3.63, 3.8) is 0 Å². The van der Waals surface area contributed by atoms with Crippen molar-refractivity contribution in [2.75, 3.05) is 6.61 Å². The van der Waals surface area contributed by atoms with E-state index in [0.717, 1.165) is 0 Å². The molecule has 3 heterocycles. The van der Waals surface area contributed by atoms with Gasteiger partial charge in [0.2, 0.25) is 0 Å². The molecule has 3 rings (SSSR count). The van der Waals surface area contributed by atoms with Gasteiger partial charge in [0.25, 0.3) is 0 Å². The second-order valence-electron chi connectivity index (χ2n) is 6.74. The number of carbonyl (C=O) groups is 1. The van der Waals surface area contributed by atoms with Gasteiger partial charge in [0.1, 0.15) is 31.0 Å². The maximum atomic E-state index is 11.4. The molecule has 7 heteroatoms. The summed E-state index contributed by atoms with van der Waals surface area (Å²) < 4.78 is 34.7. The monoisotopic (exact) mass is 316 g/mol. The normalized spacial score (nSPS) is 41.8. The van der Waals surface area contributed by atoms with Gasteiger partial charge in [-0.1, -0.05) is 6.92 Å². The summed E-state index contributed by atoms with van der Waals surface area (Å²) in [6, 6.07) is 0. The van der Waals surface area contributed by atoms with Crippen LogP contribution in [0, 0.1) is 0 Å². The molecule has 0 radical (unpaired) electrons. The summed E-state index contributed by atoms with van der Waals surface area (Å²) in [5, 5.41) is 0. The number of hydrogen-bond acceptors (Lipinski definition) is 7. The summed E-state index contributed by atoms with van der Waals surface area (Å²) in [5.41, 5.74) is 0. The molecule has 22 heavy (non-hydrogen) atoms. The Morgan fingerprint density at radius 3 is 2.23 bits per heavy atom. The van der Waals surface area contributed by atoms with Gasteiger partial charge in [0, 0.05) is 6.42 Å². The zero-order valence-electron chi connectivity index (χ0n) is 13.7. The predicted octanol–water partition coefficient (Wildman–Crippen LogP) is 1.34. The lowest BCUT2D eigenvalue weighted by Gasteiger charge is -2.36. The first kappa shape index (κ1) is 16.1. The Hall–Kier alpha value is -0.730. The summed E-state index contributed by atoms with van der Waals surface area (Å²) in [6.07, 6.45) is -1.72. The molecule has 126 valence electrons. The summed E-state index contributed by atoms with van der Waals surface area (Å²) >= 11 is 0. The number of rotatable bonds is 3. The van der Waals surface area contributed by atoms with E-state index in [0.29, 0.717) is 6.42 Å². The topological polar surface area (TPSA) is 72.5 Å². The molecular weight excluding hydrogens is 292 g/mol. The standard InChI is InChI=1S/C15H24O7/c1-6-9(16)17-7-8-10-11(20-14(2,3)19-10)12-13(18-8)22-15(4,5)21-12/h8,10-13H,6-7H2,1-5H3/t8-,10+,11+,12?,13?/m1/s1. The van der Waals surface area contributed by atoms with Gasteiger partial charge >= 0.3 is 5.97 Å². The average Bonchev–Trinajstić information content (AvgIpc) is 2.89. The van der Waals surface area contributed by atoms with Crippen LogP contribution >= 0.6 is 0 Å². The van der Waals surface area contributed by atoms with E-state index in [1.807, 2.05) is 27.7 Å². The lowest BCUT2D eigenvalue weighted by atomic mass is 9.99. The summed E-state index contributed by atoms with van der Waals surface area (Å²) in [7, 11) is 0. The molecule has 3 aliphatic heterocycles. The van der Waals surface area contributed by atoms with Crippen LogP contribution in [0.3, 0.4) is 0 Å². The van der Waals surface area contributed by atoms with E-state index >= 15 is 0 Å². The first-order valence-corrected chi connectivity index (χ1v) is 7.73. The minimum Gasteiger partial charge on any atom is -0.463 e. The maximum absolute atomic E-state index is 11.4. The quantitative estimate of drug-likeness (QED) is 0.727. The molecule has 0 aromatic heterocycles. The number of esters is 1. The van der Waals surface area contributed by atoms with Gasteiger partial charge in [-0.2, -0.15) is 0 Å². The summed E-state index contributed by atoms with van der Waals surface area (Å²) in [5.74, 6) is -1.76. The smallest absolute Gasteiger partial charge is 0.305 e. The third-order valence-corrected chi connectivity index (χ3v) is 3.95. The highest BCUT2D eigenvalue weighted by molar-refractivity contribution is 5.68. The van der Waals surface area contributed by atoms with E-state index in [-0.39, 0.29) is 30.9 Å². The molecule has 2 unspecified atom stereocenters. The molecule has 3 aliphatic rings. The van der Waals surface area contributed by atoms with Crippen LogP contribution in [0.5, 0.6) is 0 Å². The second-order valence-corrected chi connectivity index (χ2v) is 6.74. The van der Waals surface area contributed by atoms with Gasteiger partial charge in [-0.3, -0.25) is 4.79 Å². The van der Waals surface area contributed by atoms with Crippen molar-refractivity contribution < 1.29 is 33.2 Å². The minimum atomic E-state index is -0.745. The number of hydrogen-bond donors (Lipinski definition) is 0.